The number of rotatable bonds is 5. The summed E-state index contributed by atoms with van der Waals surface area (Å²) in [6.07, 6.45) is 3.10. The first-order chi connectivity index (χ1) is 11.6. The predicted octanol–water partition coefficient (Wildman–Crippen LogP) is 3.78. The zero-order valence-electron chi connectivity index (χ0n) is 12.3. The van der Waals surface area contributed by atoms with E-state index in [1.54, 1.807) is 30.6 Å². The third-order valence-corrected chi connectivity index (χ3v) is 3.09. The first-order valence-corrected chi connectivity index (χ1v) is 7.00. The van der Waals surface area contributed by atoms with Crippen molar-refractivity contribution in [1.82, 2.24) is 4.98 Å². The van der Waals surface area contributed by atoms with Gasteiger partial charge in [0.2, 0.25) is 0 Å². The first kappa shape index (κ1) is 15.7. The predicted molar refractivity (Wildman–Crippen MR) is 81.6 cm³/mol. The maximum absolute atomic E-state index is 13.5. The average molecular weight is 330 g/mol. The maximum Gasteiger partial charge on any atom is 0.291 e. The molecule has 5 nitrogen and oxygen atoms in total. The lowest BCUT2D eigenvalue weighted by Gasteiger charge is -2.05. The van der Waals surface area contributed by atoms with E-state index in [4.69, 9.17) is 9.15 Å². The SMILES string of the molecule is O=C(Nc1ccncc1)c1ccc(COc2ccc(F)cc2F)o1. The summed E-state index contributed by atoms with van der Waals surface area (Å²) in [6.45, 7) is -0.0922. The molecule has 3 aromatic rings. The molecule has 3 rings (SSSR count). The van der Waals surface area contributed by atoms with Crippen LogP contribution in [0.4, 0.5) is 14.5 Å². The monoisotopic (exact) mass is 330 g/mol. The molecule has 0 aliphatic carbocycles. The zero-order valence-corrected chi connectivity index (χ0v) is 12.3. The smallest absolute Gasteiger partial charge is 0.291 e. The summed E-state index contributed by atoms with van der Waals surface area (Å²) in [7, 11) is 0. The molecule has 0 spiro atoms. The number of amides is 1. The summed E-state index contributed by atoms with van der Waals surface area (Å²) in [5.74, 6) is -1.61. The van der Waals surface area contributed by atoms with Crippen LogP contribution >= 0.6 is 0 Å². The number of pyridine rings is 1. The number of ether oxygens (including phenoxy) is 1. The second kappa shape index (κ2) is 6.91. The number of anilines is 1. The number of carbonyl (C=O) groups is 1. The lowest BCUT2D eigenvalue weighted by atomic mass is 10.3. The maximum atomic E-state index is 13.5. The van der Waals surface area contributed by atoms with Gasteiger partial charge in [0.15, 0.2) is 17.3 Å². The molecule has 7 heteroatoms. The molecule has 0 bridgehead atoms. The van der Waals surface area contributed by atoms with Gasteiger partial charge in [-0.3, -0.25) is 9.78 Å². The lowest BCUT2D eigenvalue weighted by Crippen LogP contribution is -2.10. The molecule has 122 valence electrons. The number of halogens is 2. The van der Waals surface area contributed by atoms with E-state index in [9.17, 15) is 13.6 Å². The molecule has 0 aliphatic heterocycles. The van der Waals surface area contributed by atoms with E-state index < -0.39 is 17.5 Å². The normalized spacial score (nSPS) is 10.4. The number of nitrogens with one attached hydrogen (secondary N) is 1. The number of hydrogen-bond acceptors (Lipinski definition) is 4. The van der Waals surface area contributed by atoms with E-state index in [1.165, 1.54) is 12.1 Å². The van der Waals surface area contributed by atoms with Crippen LogP contribution in [0.3, 0.4) is 0 Å². The van der Waals surface area contributed by atoms with Crippen molar-refractivity contribution in [2.45, 2.75) is 6.61 Å². The Morgan fingerprint density at radius 3 is 2.67 bits per heavy atom. The fraction of sp³-hybridized carbons (Fsp3) is 0.0588. The van der Waals surface area contributed by atoms with Gasteiger partial charge in [-0.1, -0.05) is 0 Å². The molecule has 0 saturated carbocycles. The van der Waals surface area contributed by atoms with Gasteiger partial charge >= 0.3 is 0 Å². The van der Waals surface area contributed by atoms with E-state index in [2.05, 4.69) is 10.3 Å². The number of furan rings is 1. The molecular formula is C17H12F2N2O3. The van der Waals surface area contributed by atoms with Gasteiger partial charge in [0.05, 0.1) is 0 Å². The van der Waals surface area contributed by atoms with Gasteiger partial charge in [-0.05, 0) is 36.4 Å². The molecule has 1 aromatic carbocycles. The van der Waals surface area contributed by atoms with Crippen molar-refractivity contribution in [2.75, 3.05) is 5.32 Å². The molecule has 0 fully saturated rings. The molecule has 0 radical (unpaired) electrons. The molecule has 2 aromatic heterocycles. The minimum atomic E-state index is -0.808. The second-order valence-corrected chi connectivity index (χ2v) is 4.82. The zero-order chi connectivity index (χ0) is 16.9. The summed E-state index contributed by atoms with van der Waals surface area (Å²) >= 11 is 0. The lowest BCUT2D eigenvalue weighted by molar-refractivity contribution is 0.0992. The number of hydrogen-bond donors (Lipinski definition) is 1. The number of carbonyl (C=O) groups excluding carboxylic acids is 1. The van der Waals surface area contributed by atoms with Gasteiger partial charge < -0.3 is 14.5 Å². The molecule has 2 heterocycles. The van der Waals surface area contributed by atoms with Gasteiger partial charge in [0.1, 0.15) is 18.2 Å². The van der Waals surface area contributed by atoms with E-state index in [0.717, 1.165) is 12.1 Å². The highest BCUT2D eigenvalue weighted by Gasteiger charge is 2.12. The molecule has 0 atom stereocenters. The van der Waals surface area contributed by atoms with Crippen LogP contribution < -0.4 is 10.1 Å². The summed E-state index contributed by atoms with van der Waals surface area (Å²) in [6, 6.07) is 9.31. The Kier molecular flexibility index (Phi) is 4.51. The molecule has 0 saturated heterocycles. The van der Waals surface area contributed by atoms with Crippen LogP contribution in [-0.4, -0.2) is 10.9 Å². The minimum Gasteiger partial charge on any atom is -0.483 e. The van der Waals surface area contributed by atoms with Crippen LogP contribution in [-0.2, 0) is 6.61 Å². The summed E-state index contributed by atoms with van der Waals surface area (Å²) < 4.78 is 36.9. The molecule has 1 amide bonds. The average Bonchev–Trinajstić information content (AvgIpc) is 3.04. The topological polar surface area (TPSA) is 64.4 Å². The first-order valence-electron chi connectivity index (χ1n) is 7.00. The van der Waals surface area contributed by atoms with E-state index in [0.29, 0.717) is 11.4 Å². The summed E-state index contributed by atoms with van der Waals surface area (Å²) in [4.78, 5) is 15.9. The quantitative estimate of drug-likeness (QED) is 0.773. The largest absolute Gasteiger partial charge is 0.483 e. The van der Waals surface area contributed by atoms with Crippen LogP contribution in [0.15, 0.2) is 59.3 Å². The Labute approximate surface area is 135 Å². The second-order valence-electron chi connectivity index (χ2n) is 4.82. The molecule has 0 unspecified atom stereocenters. The van der Waals surface area contributed by atoms with Gasteiger partial charge in [-0.2, -0.15) is 0 Å². The van der Waals surface area contributed by atoms with Crippen LogP contribution in [0.25, 0.3) is 0 Å². The third-order valence-electron chi connectivity index (χ3n) is 3.09. The van der Waals surface area contributed by atoms with Crippen LogP contribution in [0.1, 0.15) is 16.3 Å². The van der Waals surface area contributed by atoms with Crippen LogP contribution in [0.2, 0.25) is 0 Å². The molecule has 0 aliphatic rings. The number of aromatic nitrogens is 1. The van der Waals surface area contributed by atoms with Gasteiger partial charge in [-0.25, -0.2) is 8.78 Å². The summed E-state index contributed by atoms with van der Waals surface area (Å²) in [5.41, 5.74) is 0.581. The van der Waals surface area contributed by atoms with E-state index in [1.807, 2.05) is 0 Å². The third kappa shape index (κ3) is 3.75. The number of nitrogens with zero attached hydrogens (tertiary/aromatic N) is 1. The van der Waals surface area contributed by atoms with Crippen molar-refractivity contribution in [3.05, 3.63) is 78.0 Å². The molecule has 24 heavy (non-hydrogen) atoms. The Hall–Kier alpha value is -3.22. The Morgan fingerprint density at radius 2 is 1.92 bits per heavy atom. The molecular weight excluding hydrogens is 318 g/mol. The van der Waals surface area contributed by atoms with Crippen molar-refractivity contribution in [3.63, 3.8) is 0 Å². The highest BCUT2D eigenvalue weighted by Crippen LogP contribution is 2.20. The Morgan fingerprint density at radius 1 is 1.12 bits per heavy atom. The van der Waals surface area contributed by atoms with Crippen molar-refractivity contribution in [1.29, 1.82) is 0 Å². The Balaban J connectivity index is 1.62. The van der Waals surface area contributed by atoms with Gasteiger partial charge in [0, 0.05) is 24.1 Å². The van der Waals surface area contributed by atoms with E-state index in [-0.39, 0.29) is 18.1 Å². The minimum absolute atomic E-state index is 0.0880. The van der Waals surface area contributed by atoms with Gasteiger partial charge in [-0.15, -0.1) is 0 Å². The fourth-order valence-corrected chi connectivity index (χ4v) is 1.95. The summed E-state index contributed by atoms with van der Waals surface area (Å²) in [5, 5.41) is 2.65. The van der Waals surface area contributed by atoms with E-state index >= 15 is 0 Å². The van der Waals surface area contributed by atoms with Crippen molar-refractivity contribution < 1.29 is 22.7 Å². The number of benzene rings is 1. The highest BCUT2D eigenvalue weighted by molar-refractivity contribution is 6.02. The van der Waals surface area contributed by atoms with Crippen molar-refractivity contribution >= 4 is 11.6 Å². The molecule has 1 N–H and O–H groups in total. The van der Waals surface area contributed by atoms with Crippen molar-refractivity contribution in [2.24, 2.45) is 0 Å². The standard InChI is InChI=1S/C17H12F2N2O3/c18-11-1-3-15(14(19)9-11)23-10-13-2-4-16(24-13)17(22)21-12-5-7-20-8-6-12/h1-9H,10H2,(H,20,21,22). The Bertz CT molecular complexity index is 850. The van der Waals surface area contributed by atoms with Gasteiger partial charge in [0.25, 0.3) is 5.91 Å². The van der Waals surface area contributed by atoms with Crippen LogP contribution in [0, 0.1) is 11.6 Å². The van der Waals surface area contributed by atoms with Crippen LogP contribution in [0.5, 0.6) is 5.75 Å². The van der Waals surface area contributed by atoms with Crippen molar-refractivity contribution in [3.8, 4) is 5.75 Å². The fourth-order valence-electron chi connectivity index (χ4n) is 1.95. The highest BCUT2D eigenvalue weighted by atomic mass is 19.1.